The zero-order valence-electron chi connectivity index (χ0n) is 10.3. The summed E-state index contributed by atoms with van der Waals surface area (Å²) in [7, 11) is 0. The van der Waals surface area contributed by atoms with E-state index in [0.29, 0.717) is 6.42 Å². The van der Waals surface area contributed by atoms with E-state index in [0.717, 1.165) is 17.7 Å². The van der Waals surface area contributed by atoms with Crippen LogP contribution < -0.4 is 0 Å². The standard InChI is InChI=1S/C15H13F2NO/c16-14-2-1-3-15(17)13(14)10-12(19)5-4-11-6-8-18-9-7-11/h1-3,6-9H,4-5,10H2. The van der Waals surface area contributed by atoms with E-state index in [9.17, 15) is 13.6 Å². The molecule has 0 saturated carbocycles. The molecule has 1 aromatic carbocycles. The Labute approximate surface area is 110 Å². The van der Waals surface area contributed by atoms with Gasteiger partial charge < -0.3 is 0 Å². The second-order valence-corrected chi connectivity index (χ2v) is 4.27. The number of pyridine rings is 1. The molecule has 0 saturated heterocycles. The van der Waals surface area contributed by atoms with Gasteiger partial charge in [-0.15, -0.1) is 0 Å². The first kappa shape index (κ1) is 13.3. The van der Waals surface area contributed by atoms with Gasteiger partial charge in [-0.05, 0) is 36.2 Å². The van der Waals surface area contributed by atoms with E-state index >= 15 is 0 Å². The number of benzene rings is 1. The molecule has 98 valence electrons. The summed E-state index contributed by atoms with van der Waals surface area (Å²) in [6.45, 7) is 0. The first-order valence-corrected chi connectivity index (χ1v) is 6.00. The molecule has 0 fully saturated rings. The number of aryl methyl sites for hydroxylation is 1. The van der Waals surface area contributed by atoms with Gasteiger partial charge in [0.2, 0.25) is 0 Å². The maximum Gasteiger partial charge on any atom is 0.137 e. The van der Waals surface area contributed by atoms with Gasteiger partial charge in [0.1, 0.15) is 17.4 Å². The fourth-order valence-electron chi connectivity index (χ4n) is 1.82. The van der Waals surface area contributed by atoms with Crippen LogP contribution in [0.25, 0.3) is 0 Å². The third-order valence-electron chi connectivity index (χ3n) is 2.88. The number of halogens is 2. The first-order chi connectivity index (χ1) is 9.16. The summed E-state index contributed by atoms with van der Waals surface area (Å²) in [6.07, 6.45) is 3.91. The predicted octanol–water partition coefficient (Wildman–Crippen LogP) is 3.10. The Morgan fingerprint density at radius 1 is 1.05 bits per heavy atom. The fraction of sp³-hybridized carbons (Fsp3) is 0.200. The van der Waals surface area contributed by atoms with Gasteiger partial charge in [-0.1, -0.05) is 6.07 Å². The Kier molecular flexibility index (Phi) is 4.34. The van der Waals surface area contributed by atoms with Crippen LogP contribution in [-0.2, 0) is 17.6 Å². The number of Topliss-reactive ketones (excluding diaryl/α,β-unsaturated/α-hetero) is 1. The van der Waals surface area contributed by atoms with Crippen molar-refractivity contribution in [2.45, 2.75) is 19.3 Å². The van der Waals surface area contributed by atoms with Crippen molar-refractivity contribution in [2.24, 2.45) is 0 Å². The summed E-state index contributed by atoms with van der Waals surface area (Å²) < 4.78 is 26.7. The lowest BCUT2D eigenvalue weighted by atomic mass is 10.0. The SMILES string of the molecule is O=C(CCc1ccncc1)Cc1c(F)cccc1F. The molecule has 19 heavy (non-hydrogen) atoms. The summed E-state index contributed by atoms with van der Waals surface area (Å²) in [6, 6.07) is 7.24. The van der Waals surface area contributed by atoms with Crippen molar-refractivity contribution in [2.75, 3.05) is 0 Å². The molecule has 2 rings (SSSR count). The van der Waals surface area contributed by atoms with Crippen LogP contribution in [0, 0.1) is 11.6 Å². The van der Waals surface area contributed by atoms with Gasteiger partial charge in [-0.2, -0.15) is 0 Å². The van der Waals surface area contributed by atoms with Crippen molar-refractivity contribution in [3.8, 4) is 0 Å². The van der Waals surface area contributed by atoms with E-state index in [2.05, 4.69) is 4.98 Å². The van der Waals surface area contributed by atoms with Crippen molar-refractivity contribution < 1.29 is 13.6 Å². The van der Waals surface area contributed by atoms with Crippen molar-refractivity contribution in [1.82, 2.24) is 4.98 Å². The Bertz CT molecular complexity index is 549. The minimum Gasteiger partial charge on any atom is -0.299 e. The average molecular weight is 261 g/mol. The van der Waals surface area contributed by atoms with Crippen LogP contribution in [0.2, 0.25) is 0 Å². The molecule has 4 heteroatoms. The van der Waals surface area contributed by atoms with Crippen molar-refractivity contribution in [1.29, 1.82) is 0 Å². The van der Waals surface area contributed by atoms with Crippen LogP contribution in [0.4, 0.5) is 8.78 Å². The highest BCUT2D eigenvalue weighted by atomic mass is 19.1. The molecular weight excluding hydrogens is 248 g/mol. The maximum atomic E-state index is 13.4. The molecule has 0 radical (unpaired) electrons. The van der Waals surface area contributed by atoms with Crippen LogP contribution >= 0.6 is 0 Å². The predicted molar refractivity (Wildman–Crippen MR) is 67.6 cm³/mol. The van der Waals surface area contributed by atoms with Gasteiger partial charge in [0, 0.05) is 30.8 Å². The van der Waals surface area contributed by atoms with Gasteiger partial charge in [0.05, 0.1) is 0 Å². The minimum absolute atomic E-state index is 0.151. The van der Waals surface area contributed by atoms with Gasteiger partial charge in [-0.25, -0.2) is 8.78 Å². The Morgan fingerprint density at radius 2 is 1.68 bits per heavy atom. The average Bonchev–Trinajstić information content (AvgIpc) is 2.42. The molecule has 0 bridgehead atoms. The van der Waals surface area contributed by atoms with E-state index in [1.54, 1.807) is 12.4 Å². The Balaban J connectivity index is 1.95. The number of carbonyl (C=O) groups is 1. The monoisotopic (exact) mass is 261 g/mol. The summed E-state index contributed by atoms with van der Waals surface area (Å²) in [5.74, 6) is -1.52. The smallest absolute Gasteiger partial charge is 0.137 e. The van der Waals surface area contributed by atoms with Crippen molar-refractivity contribution in [3.63, 3.8) is 0 Å². The summed E-state index contributed by atoms with van der Waals surface area (Å²) >= 11 is 0. The van der Waals surface area contributed by atoms with Gasteiger partial charge in [-0.3, -0.25) is 9.78 Å². The molecule has 1 heterocycles. The maximum absolute atomic E-state index is 13.4. The second-order valence-electron chi connectivity index (χ2n) is 4.27. The Morgan fingerprint density at radius 3 is 2.32 bits per heavy atom. The third kappa shape index (κ3) is 3.68. The lowest BCUT2D eigenvalue weighted by molar-refractivity contribution is -0.118. The molecule has 0 unspecified atom stereocenters. The van der Waals surface area contributed by atoms with E-state index in [1.165, 1.54) is 6.07 Å². The minimum atomic E-state index is -0.669. The molecule has 1 aromatic heterocycles. The molecular formula is C15H13F2NO. The van der Waals surface area contributed by atoms with Crippen molar-refractivity contribution in [3.05, 3.63) is 65.5 Å². The molecule has 0 atom stereocenters. The topological polar surface area (TPSA) is 30.0 Å². The molecule has 0 aliphatic carbocycles. The largest absolute Gasteiger partial charge is 0.299 e. The Hall–Kier alpha value is -2.10. The van der Waals surface area contributed by atoms with Crippen LogP contribution in [0.1, 0.15) is 17.5 Å². The van der Waals surface area contributed by atoms with Crippen LogP contribution in [0.5, 0.6) is 0 Å². The van der Waals surface area contributed by atoms with E-state index in [-0.39, 0.29) is 24.2 Å². The normalized spacial score (nSPS) is 10.4. The number of ketones is 1. The molecule has 2 aromatic rings. The number of hydrogen-bond donors (Lipinski definition) is 0. The van der Waals surface area contributed by atoms with Crippen LogP contribution in [-0.4, -0.2) is 10.8 Å². The lowest BCUT2D eigenvalue weighted by Gasteiger charge is -2.04. The summed E-state index contributed by atoms with van der Waals surface area (Å²) in [5, 5.41) is 0. The number of nitrogens with zero attached hydrogens (tertiary/aromatic N) is 1. The van der Waals surface area contributed by atoms with E-state index < -0.39 is 11.6 Å². The van der Waals surface area contributed by atoms with E-state index in [4.69, 9.17) is 0 Å². The number of rotatable bonds is 5. The van der Waals surface area contributed by atoms with E-state index in [1.807, 2.05) is 12.1 Å². The molecule has 0 amide bonds. The summed E-state index contributed by atoms with van der Waals surface area (Å²) in [4.78, 5) is 15.6. The van der Waals surface area contributed by atoms with Gasteiger partial charge >= 0.3 is 0 Å². The van der Waals surface area contributed by atoms with Crippen molar-refractivity contribution >= 4 is 5.78 Å². The quantitative estimate of drug-likeness (QED) is 0.827. The number of aromatic nitrogens is 1. The van der Waals surface area contributed by atoms with Gasteiger partial charge in [0.25, 0.3) is 0 Å². The zero-order valence-corrected chi connectivity index (χ0v) is 10.3. The molecule has 2 nitrogen and oxygen atoms in total. The number of hydrogen-bond acceptors (Lipinski definition) is 2. The fourth-order valence-corrected chi connectivity index (χ4v) is 1.82. The molecule has 0 aliphatic heterocycles. The van der Waals surface area contributed by atoms with Gasteiger partial charge in [0.15, 0.2) is 0 Å². The molecule has 0 aliphatic rings. The molecule has 0 spiro atoms. The third-order valence-corrected chi connectivity index (χ3v) is 2.88. The lowest BCUT2D eigenvalue weighted by Crippen LogP contribution is -2.07. The second kappa shape index (κ2) is 6.18. The number of carbonyl (C=O) groups excluding carboxylic acids is 1. The highest BCUT2D eigenvalue weighted by Gasteiger charge is 2.12. The highest BCUT2D eigenvalue weighted by molar-refractivity contribution is 5.81. The summed E-state index contributed by atoms with van der Waals surface area (Å²) in [5.41, 5.74) is 0.833. The zero-order chi connectivity index (χ0) is 13.7. The van der Waals surface area contributed by atoms with Crippen LogP contribution in [0.3, 0.4) is 0 Å². The molecule has 0 N–H and O–H groups in total. The first-order valence-electron chi connectivity index (χ1n) is 6.00. The highest BCUT2D eigenvalue weighted by Crippen LogP contribution is 2.14. The van der Waals surface area contributed by atoms with Crippen LogP contribution in [0.15, 0.2) is 42.7 Å².